The molecule has 1 aliphatic carbocycles. The molecule has 0 amide bonds. The van der Waals surface area contributed by atoms with Gasteiger partial charge in [0, 0.05) is 18.4 Å². The van der Waals surface area contributed by atoms with Crippen molar-refractivity contribution >= 4 is 12.4 Å². The molecule has 2 fully saturated rings. The molecular weight excluding hydrogens is 226 g/mol. The van der Waals surface area contributed by atoms with E-state index >= 15 is 0 Å². The second-order valence-electron chi connectivity index (χ2n) is 5.08. The summed E-state index contributed by atoms with van der Waals surface area (Å²) in [6.45, 7) is 3.84. The van der Waals surface area contributed by atoms with Crippen LogP contribution in [0.3, 0.4) is 0 Å². The van der Waals surface area contributed by atoms with Crippen molar-refractivity contribution in [1.82, 2.24) is 4.90 Å². The zero-order chi connectivity index (χ0) is 10.9. The van der Waals surface area contributed by atoms with Gasteiger partial charge in [-0.3, -0.25) is 0 Å². The van der Waals surface area contributed by atoms with Crippen molar-refractivity contribution in [1.29, 1.82) is 0 Å². The third-order valence-corrected chi connectivity index (χ3v) is 4.36. The third-order valence-electron chi connectivity index (χ3n) is 4.36. The summed E-state index contributed by atoms with van der Waals surface area (Å²) in [6, 6.07) is 0. The van der Waals surface area contributed by atoms with Crippen LogP contribution in [0.4, 0.5) is 0 Å². The molecule has 2 aliphatic rings. The fourth-order valence-electron chi connectivity index (χ4n) is 3.00. The number of ether oxygens (including phenoxy) is 2. The Labute approximate surface area is 105 Å². The number of hydrogen-bond donors (Lipinski definition) is 0. The van der Waals surface area contributed by atoms with Crippen molar-refractivity contribution < 1.29 is 9.47 Å². The van der Waals surface area contributed by atoms with Crippen LogP contribution in [0.25, 0.3) is 0 Å². The molecule has 1 heterocycles. The minimum absolute atomic E-state index is 0. The molecule has 16 heavy (non-hydrogen) atoms. The monoisotopic (exact) mass is 249 g/mol. The Morgan fingerprint density at radius 2 is 1.50 bits per heavy atom. The normalized spacial score (nSPS) is 27.0. The van der Waals surface area contributed by atoms with Crippen molar-refractivity contribution in [2.24, 2.45) is 0 Å². The third kappa shape index (κ3) is 2.37. The Morgan fingerprint density at radius 3 is 1.88 bits per heavy atom. The summed E-state index contributed by atoms with van der Waals surface area (Å²) in [6.07, 6.45) is 5.71. The standard InChI is InChI=1S/C12H23NO2.ClH/c1-4-11(13(2)3)5-7-12(8-6-11)14-9-10-15-12;/h4-10H2,1-3H3;1H. The molecule has 3 nitrogen and oxygen atoms in total. The van der Waals surface area contributed by atoms with Crippen molar-refractivity contribution in [3.8, 4) is 0 Å². The molecule has 4 heteroatoms. The predicted octanol–water partition coefficient (Wildman–Crippen LogP) is 2.44. The lowest BCUT2D eigenvalue weighted by Gasteiger charge is -2.47. The lowest BCUT2D eigenvalue weighted by Crippen LogP contribution is -2.51. The molecular formula is C12H24ClNO2. The summed E-state index contributed by atoms with van der Waals surface area (Å²) in [4.78, 5) is 2.38. The lowest BCUT2D eigenvalue weighted by atomic mass is 9.76. The summed E-state index contributed by atoms with van der Waals surface area (Å²) in [5.41, 5.74) is 0.376. The minimum Gasteiger partial charge on any atom is -0.348 e. The van der Waals surface area contributed by atoms with Gasteiger partial charge in [0.05, 0.1) is 13.2 Å². The van der Waals surface area contributed by atoms with Crippen LogP contribution in [0.1, 0.15) is 39.0 Å². The molecule has 0 N–H and O–H groups in total. The highest BCUT2D eigenvalue weighted by Gasteiger charge is 2.46. The van der Waals surface area contributed by atoms with Crippen molar-refractivity contribution in [2.75, 3.05) is 27.3 Å². The van der Waals surface area contributed by atoms with Crippen LogP contribution in [0.15, 0.2) is 0 Å². The Bertz CT molecular complexity index is 217. The van der Waals surface area contributed by atoms with E-state index in [1.54, 1.807) is 0 Å². The van der Waals surface area contributed by atoms with Gasteiger partial charge in [0.15, 0.2) is 5.79 Å². The highest BCUT2D eigenvalue weighted by Crippen LogP contribution is 2.43. The topological polar surface area (TPSA) is 21.7 Å². The number of hydrogen-bond acceptors (Lipinski definition) is 3. The van der Waals surface area contributed by atoms with Crippen LogP contribution in [0.5, 0.6) is 0 Å². The van der Waals surface area contributed by atoms with Gasteiger partial charge in [0.2, 0.25) is 0 Å². The molecule has 0 unspecified atom stereocenters. The van der Waals surface area contributed by atoms with Gasteiger partial charge in [-0.15, -0.1) is 12.4 Å². The molecule has 2 rings (SSSR count). The quantitative estimate of drug-likeness (QED) is 0.750. The van der Waals surface area contributed by atoms with E-state index in [4.69, 9.17) is 9.47 Å². The molecule has 0 aromatic heterocycles. The molecule has 0 atom stereocenters. The van der Waals surface area contributed by atoms with E-state index in [0.29, 0.717) is 5.54 Å². The zero-order valence-electron chi connectivity index (χ0n) is 10.6. The van der Waals surface area contributed by atoms with Gasteiger partial charge in [-0.2, -0.15) is 0 Å². The minimum atomic E-state index is -0.214. The van der Waals surface area contributed by atoms with Gasteiger partial charge < -0.3 is 14.4 Å². The first-order chi connectivity index (χ1) is 7.13. The first-order valence-electron chi connectivity index (χ1n) is 6.08. The first-order valence-corrected chi connectivity index (χ1v) is 6.08. The molecule has 1 saturated carbocycles. The summed E-state index contributed by atoms with van der Waals surface area (Å²) in [7, 11) is 4.38. The highest BCUT2D eigenvalue weighted by molar-refractivity contribution is 5.85. The summed E-state index contributed by atoms with van der Waals surface area (Å²) < 4.78 is 11.5. The Kier molecular flexibility index (Phi) is 4.64. The fraction of sp³-hybridized carbons (Fsp3) is 1.00. The average Bonchev–Trinajstić information content (AvgIpc) is 2.68. The molecule has 1 spiro atoms. The second-order valence-corrected chi connectivity index (χ2v) is 5.08. The maximum Gasteiger partial charge on any atom is 0.168 e. The SMILES string of the molecule is CCC1(N(C)C)CCC2(CC1)OCCO2.Cl. The second kappa shape index (κ2) is 5.21. The fourth-order valence-corrected chi connectivity index (χ4v) is 3.00. The van der Waals surface area contributed by atoms with Crippen LogP contribution in [-0.4, -0.2) is 43.5 Å². The van der Waals surface area contributed by atoms with E-state index in [9.17, 15) is 0 Å². The molecule has 0 aromatic rings. The molecule has 1 saturated heterocycles. The maximum atomic E-state index is 5.76. The van der Waals surface area contributed by atoms with E-state index in [0.717, 1.165) is 26.1 Å². The van der Waals surface area contributed by atoms with E-state index in [2.05, 4.69) is 25.9 Å². The van der Waals surface area contributed by atoms with Gasteiger partial charge in [-0.1, -0.05) is 6.92 Å². The number of rotatable bonds is 2. The Morgan fingerprint density at radius 1 is 1.00 bits per heavy atom. The number of halogens is 1. The van der Waals surface area contributed by atoms with Crippen LogP contribution in [-0.2, 0) is 9.47 Å². The van der Waals surface area contributed by atoms with E-state index < -0.39 is 0 Å². The smallest absolute Gasteiger partial charge is 0.168 e. The van der Waals surface area contributed by atoms with E-state index in [1.807, 2.05) is 0 Å². The molecule has 0 aromatic carbocycles. The molecule has 0 bridgehead atoms. The van der Waals surface area contributed by atoms with Gasteiger partial charge in [-0.25, -0.2) is 0 Å². The maximum absolute atomic E-state index is 5.76. The molecule has 96 valence electrons. The Balaban J connectivity index is 0.00000128. The summed E-state index contributed by atoms with van der Waals surface area (Å²) >= 11 is 0. The van der Waals surface area contributed by atoms with E-state index in [-0.39, 0.29) is 18.2 Å². The summed E-state index contributed by atoms with van der Waals surface area (Å²) in [5.74, 6) is -0.214. The summed E-state index contributed by atoms with van der Waals surface area (Å²) in [5, 5.41) is 0. The van der Waals surface area contributed by atoms with Gasteiger partial charge in [-0.05, 0) is 33.4 Å². The van der Waals surface area contributed by atoms with Gasteiger partial charge in [0.25, 0.3) is 0 Å². The molecule has 0 radical (unpaired) electrons. The Hall–Kier alpha value is 0.170. The molecule has 1 aliphatic heterocycles. The zero-order valence-corrected chi connectivity index (χ0v) is 11.4. The van der Waals surface area contributed by atoms with Crippen molar-refractivity contribution in [3.05, 3.63) is 0 Å². The van der Waals surface area contributed by atoms with Crippen molar-refractivity contribution in [2.45, 2.75) is 50.4 Å². The average molecular weight is 250 g/mol. The van der Waals surface area contributed by atoms with Crippen LogP contribution in [0, 0.1) is 0 Å². The lowest BCUT2D eigenvalue weighted by molar-refractivity contribution is -0.192. The van der Waals surface area contributed by atoms with Gasteiger partial charge in [0.1, 0.15) is 0 Å². The predicted molar refractivity (Wildman–Crippen MR) is 67.1 cm³/mol. The van der Waals surface area contributed by atoms with Crippen LogP contribution in [0.2, 0.25) is 0 Å². The largest absolute Gasteiger partial charge is 0.348 e. The van der Waals surface area contributed by atoms with Crippen LogP contribution >= 0.6 is 12.4 Å². The first kappa shape index (κ1) is 14.2. The number of nitrogens with zero attached hydrogens (tertiary/aromatic N) is 1. The van der Waals surface area contributed by atoms with Crippen LogP contribution < -0.4 is 0 Å². The highest BCUT2D eigenvalue weighted by atomic mass is 35.5. The van der Waals surface area contributed by atoms with Gasteiger partial charge >= 0.3 is 0 Å². The van der Waals surface area contributed by atoms with E-state index in [1.165, 1.54) is 19.3 Å². The van der Waals surface area contributed by atoms with Crippen molar-refractivity contribution in [3.63, 3.8) is 0 Å².